The molecular formula is C13H13F3N2OS. The number of para-hydroxylation sites is 1. The fraction of sp³-hybridized carbons (Fsp3) is 0.385. The van der Waals surface area contributed by atoms with Crippen LogP contribution in [0, 0.1) is 0 Å². The second-order valence-electron chi connectivity index (χ2n) is 4.12. The molecule has 1 aromatic carbocycles. The maximum absolute atomic E-state index is 12.5. The molecule has 0 fully saturated rings. The lowest BCUT2D eigenvalue weighted by molar-refractivity contribution is -0.144. The largest absolute Gasteiger partial charge is 0.493 e. The molecule has 0 amide bonds. The van der Waals surface area contributed by atoms with E-state index in [0.29, 0.717) is 17.9 Å². The molecule has 0 atom stereocenters. The van der Waals surface area contributed by atoms with Crippen molar-refractivity contribution in [2.24, 2.45) is 0 Å². The normalized spacial score (nSPS) is 11.6. The van der Waals surface area contributed by atoms with Crippen LogP contribution in [0.15, 0.2) is 24.3 Å². The minimum atomic E-state index is -4.52. The van der Waals surface area contributed by atoms with Gasteiger partial charge in [0.25, 0.3) is 0 Å². The van der Waals surface area contributed by atoms with Gasteiger partial charge in [-0.15, -0.1) is 0 Å². The first-order chi connectivity index (χ1) is 9.52. The number of rotatable bonds is 5. The second kappa shape index (κ2) is 6.21. The molecule has 2 aromatic rings. The molecule has 1 aromatic heterocycles. The van der Waals surface area contributed by atoms with Crippen LogP contribution in [0.5, 0.6) is 5.75 Å². The van der Waals surface area contributed by atoms with Gasteiger partial charge < -0.3 is 4.74 Å². The Morgan fingerprint density at radius 3 is 2.65 bits per heavy atom. The van der Waals surface area contributed by atoms with Gasteiger partial charge in [0.2, 0.25) is 5.82 Å². The topological polar surface area (TPSA) is 35.0 Å². The molecule has 0 spiro atoms. The zero-order valence-corrected chi connectivity index (χ0v) is 11.6. The molecule has 0 aliphatic carbocycles. The first-order valence-electron chi connectivity index (χ1n) is 6.15. The van der Waals surface area contributed by atoms with Crippen LogP contribution in [0.3, 0.4) is 0 Å². The molecule has 0 saturated carbocycles. The monoisotopic (exact) mass is 302 g/mol. The highest BCUT2D eigenvalue weighted by atomic mass is 32.1. The van der Waals surface area contributed by atoms with Crippen LogP contribution < -0.4 is 4.74 Å². The lowest BCUT2D eigenvalue weighted by Gasteiger charge is -2.08. The number of nitrogens with zero attached hydrogens (tertiary/aromatic N) is 2. The van der Waals surface area contributed by atoms with E-state index in [1.165, 1.54) is 0 Å². The van der Waals surface area contributed by atoms with Gasteiger partial charge in [-0.1, -0.05) is 25.5 Å². The number of aromatic nitrogens is 2. The van der Waals surface area contributed by atoms with Crippen molar-refractivity contribution in [3.8, 4) is 16.3 Å². The Bertz CT molecular complexity index is 569. The van der Waals surface area contributed by atoms with Gasteiger partial charge >= 0.3 is 6.18 Å². The SMILES string of the molecule is CCCCOc1ccccc1-c1nc(C(F)(F)F)ns1. The Labute approximate surface area is 118 Å². The molecule has 2 rings (SSSR count). The van der Waals surface area contributed by atoms with E-state index in [0.717, 1.165) is 24.4 Å². The van der Waals surface area contributed by atoms with E-state index in [9.17, 15) is 13.2 Å². The smallest absolute Gasteiger partial charge is 0.452 e. The van der Waals surface area contributed by atoms with Crippen LogP contribution in [-0.2, 0) is 6.18 Å². The third kappa shape index (κ3) is 3.47. The zero-order valence-electron chi connectivity index (χ0n) is 10.8. The summed E-state index contributed by atoms with van der Waals surface area (Å²) in [5.41, 5.74) is 0.539. The second-order valence-corrected chi connectivity index (χ2v) is 4.87. The Hall–Kier alpha value is -1.63. The average Bonchev–Trinajstić information content (AvgIpc) is 2.89. The first-order valence-corrected chi connectivity index (χ1v) is 6.93. The Morgan fingerprint density at radius 1 is 1.25 bits per heavy atom. The van der Waals surface area contributed by atoms with Crippen molar-refractivity contribution in [2.75, 3.05) is 6.61 Å². The third-order valence-electron chi connectivity index (χ3n) is 2.55. The number of alkyl halides is 3. The average molecular weight is 302 g/mol. The van der Waals surface area contributed by atoms with E-state index in [1.54, 1.807) is 24.3 Å². The summed E-state index contributed by atoms with van der Waals surface area (Å²) in [7, 11) is 0. The van der Waals surface area contributed by atoms with Crippen molar-refractivity contribution in [3.63, 3.8) is 0 Å². The molecule has 0 saturated heterocycles. The van der Waals surface area contributed by atoms with Crippen LogP contribution in [0.4, 0.5) is 13.2 Å². The molecule has 1 heterocycles. The molecule has 0 radical (unpaired) electrons. The van der Waals surface area contributed by atoms with Crippen LogP contribution in [-0.4, -0.2) is 16.0 Å². The van der Waals surface area contributed by atoms with Gasteiger partial charge in [0.15, 0.2) is 0 Å². The van der Waals surface area contributed by atoms with Crippen LogP contribution in [0.1, 0.15) is 25.6 Å². The maximum atomic E-state index is 12.5. The highest BCUT2D eigenvalue weighted by molar-refractivity contribution is 7.09. The molecule has 0 aliphatic rings. The van der Waals surface area contributed by atoms with Crippen molar-refractivity contribution in [1.82, 2.24) is 9.36 Å². The fourth-order valence-corrected chi connectivity index (χ4v) is 2.26. The molecule has 0 unspecified atom stereocenters. The fourth-order valence-electron chi connectivity index (χ4n) is 1.54. The molecular weight excluding hydrogens is 289 g/mol. The van der Waals surface area contributed by atoms with Gasteiger partial charge in [0.05, 0.1) is 12.2 Å². The summed E-state index contributed by atoms with van der Waals surface area (Å²) in [6.07, 6.45) is -2.65. The summed E-state index contributed by atoms with van der Waals surface area (Å²) in [4.78, 5) is 3.54. The molecule has 3 nitrogen and oxygen atoms in total. The summed E-state index contributed by atoms with van der Waals surface area (Å²) in [6.45, 7) is 2.56. The highest BCUT2D eigenvalue weighted by Crippen LogP contribution is 2.34. The van der Waals surface area contributed by atoms with Crippen molar-refractivity contribution in [1.29, 1.82) is 0 Å². The van der Waals surface area contributed by atoms with E-state index in [1.807, 2.05) is 6.92 Å². The lowest BCUT2D eigenvalue weighted by atomic mass is 10.2. The van der Waals surface area contributed by atoms with Crippen molar-refractivity contribution >= 4 is 11.5 Å². The van der Waals surface area contributed by atoms with Gasteiger partial charge in [-0.2, -0.15) is 17.5 Å². The van der Waals surface area contributed by atoms with E-state index in [4.69, 9.17) is 4.74 Å². The molecule has 0 aliphatic heterocycles. The molecule has 0 bridgehead atoms. The molecule has 108 valence electrons. The highest BCUT2D eigenvalue weighted by Gasteiger charge is 2.36. The van der Waals surface area contributed by atoms with E-state index in [2.05, 4.69) is 9.36 Å². The Balaban J connectivity index is 2.26. The van der Waals surface area contributed by atoms with Crippen molar-refractivity contribution in [2.45, 2.75) is 25.9 Å². The van der Waals surface area contributed by atoms with Gasteiger partial charge in [-0.3, -0.25) is 0 Å². The third-order valence-corrected chi connectivity index (χ3v) is 3.30. The zero-order chi connectivity index (χ0) is 14.6. The minimum Gasteiger partial charge on any atom is -0.493 e. The van der Waals surface area contributed by atoms with Crippen LogP contribution in [0.25, 0.3) is 10.6 Å². The number of halogens is 3. The van der Waals surface area contributed by atoms with Gasteiger partial charge in [0, 0.05) is 0 Å². The van der Waals surface area contributed by atoms with Gasteiger partial charge in [-0.25, -0.2) is 4.98 Å². The van der Waals surface area contributed by atoms with Crippen LogP contribution >= 0.6 is 11.5 Å². The number of unbranched alkanes of at least 4 members (excludes halogenated alkanes) is 1. The summed E-state index contributed by atoms with van der Waals surface area (Å²) < 4.78 is 46.5. The van der Waals surface area contributed by atoms with Crippen LogP contribution in [0.2, 0.25) is 0 Å². The number of ether oxygens (including phenoxy) is 1. The number of hydrogen-bond acceptors (Lipinski definition) is 4. The maximum Gasteiger partial charge on any atom is 0.452 e. The van der Waals surface area contributed by atoms with Crippen molar-refractivity contribution in [3.05, 3.63) is 30.1 Å². The van der Waals surface area contributed by atoms with E-state index in [-0.39, 0.29) is 5.01 Å². The summed E-state index contributed by atoms with van der Waals surface area (Å²) in [6, 6.07) is 6.91. The standard InChI is InChI=1S/C13H13F3N2OS/c1-2-3-8-19-10-7-5-4-6-9(10)11-17-12(18-20-11)13(14,15)16/h4-7H,2-3,8H2,1H3. The molecule has 0 N–H and O–H groups in total. The number of hydrogen-bond donors (Lipinski definition) is 0. The first kappa shape index (κ1) is 14.8. The van der Waals surface area contributed by atoms with Gasteiger partial charge in [0.1, 0.15) is 10.8 Å². The number of benzene rings is 1. The molecule has 20 heavy (non-hydrogen) atoms. The Morgan fingerprint density at radius 2 is 2.00 bits per heavy atom. The van der Waals surface area contributed by atoms with E-state index >= 15 is 0 Å². The van der Waals surface area contributed by atoms with Crippen molar-refractivity contribution < 1.29 is 17.9 Å². The van der Waals surface area contributed by atoms with E-state index < -0.39 is 12.0 Å². The predicted octanol–water partition coefficient (Wildman–Crippen LogP) is 4.40. The lowest BCUT2D eigenvalue weighted by Crippen LogP contribution is -2.07. The summed E-state index contributed by atoms with van der Waals surface area (Å²) in [5.74, 6) is -0.577. The van der Waals surface area contributed by atoms with Gasteiger partial charge in [-0.05, 0) is 30.1 Å². The minimum absolute atomic E-state index is 0.212. The predicted molar refractivity (Wildman–Crippen MR) is 70.8 cm³/mol. The molecule has 7 heteroatoms. The Kier molecular flexibility index (Phi) is 4.59. The quantitative estimate of drug-likeness (QED) is 0.768. The summed E-state index contributed by atoms with van der Waals surface area (Å²) in [5, 5.41) is 0.212. The summed E-state index contributed by atoms with van der Waals surface area (Å²) >= 11 is 0.722.